The van der Waals surface area contributed by atoms with E-state index in [0.717, 1.165) is 6.07 Å². The maximum Gasteiger partial charge on any atom is 0.251 e. The van der Waals surface area contributed by atoms with E-state index in [1.54, 1.807) is 24.3 Å². The molecule has 3 aromatic carbocycles. The van der Waals surface area contributed by atoms with Gasteiger partial charge in [-0.2, -0.15) is 0 Å². The third-order valence-corrected chi connectivity index (χ3v) is 5.77. The second kappa shape index (κ2) is 8.12. The van der Waals surface area contributed by atoms with Crippen LogP contribution in [-0.2, 0) is 16.8 Å². The predicted octanol–water partition coefficient (Wildman–Crippen LogP) is 3.46. The topological polar surface area (TPSA) is 105 Å². The van der Waals surface area contributed by atoms with Crippen molar-refractivity contribution < 1.29 is 27.8 Å². The molecular formula is C23H17ClF2N2O4. The largest absolute Gasteiger partial charge is 0.491 e. The highest BCUT2D eigenvalue weighted by Gasteiger charge is 2.48. The van der Waals surface area contributed by atoms with Gasteiger partial charge in [0.05, 0.1) is 10.6 Å². The monoisotopic (exact) mass is 458 g/mol. The van der Waals surface area contributed by atoms with Crippen LogP contribution in [0.3, 0.4) is 0 Å². The van der Waals surface area contributed by atoms with Crippen LogP contribution in [0.1, 0.15) is 27.0 Å². The third-order valence-electron chi connectivity index (χ3n) is 5.42. The first-order valence-corrected chi connectivity index (χ1v) is 9.84. The second-order valence-electron chi connectivity index (χ2n) is 7.30. The molecule has 1 atom stereocenters. The lowest BCUT2D eigenvalue weighted by Gasteiger charge is -2.25. The number of halogens is 3. The van der Waals surface area contributed by atoms with Crippen molar-refractivity contribution in [2.24, 2.45) is 11.5 Å². The molecule has 0 aromatic heterocycles. The Balaban J connectivity index is 1.63. The number of hydrogen-bond acceptors (Lipinski definition) is 4. The molecule has 0 fully saturated rings. The summed E-state index contributed by atoms with van der Waals surface area (Å²) >= 11 is 6.01. The molecule has 6 nitrogen and oxygen atoms in total. The lowest BCUT2D eigenvalue weighted by Crippen LogP contribution is -2.43. The van der Waals surface area contributed by atoms with Crippen LogP contribution in [0.5, 0.6) is 11.5 Å². The quantitative estimate of drug-likeness (QED) is 0.590. The van der Waals surface area contributed by atoms with Gasteiger partial charge >= 0.3 is 0 Å². The Morgan fingerprint density at radius 2 is 1.78 bits per heavy atom. The van der Waals surface area contributed by atoms with E-state index in [1.807, 2.05) is 0 Å². The highest BCUT2D eigenvalue weighted by Crippen LogP contribution is 2.45. The number of nitrogens with two attached hydrogens (primary N) is 2. The molecule has 4 rings (SSSR count). The summed E-state index contributed by atoms with van der Waals surface area (Å²) in [5.74, 6) is -2.39. The van der Waals surface area contributed by atoms with E-state index in [0.29, 0.717) is 16.9 Å². The lowest BCUT2D eigenvalue weighted by molar-refractivity contribution is -0.122. The van der Waals surface area contributed by atoms with Crippen molar-refractivity contribution in [1.29, 1.82) is 0 Å². The fourth-order valence-corrected chi connectivity index (χ4v) is 3.90. The first-order chi connectivity index (χ1) is 15.2. The Labute approximate surface area is 186 Å². The van der Waals surface area contributed by atoms with E-state index in [2.05, 4.69) is 0 Å². The zero-order valence-corrected chi connectivity index (χ0v) is 17.3. The van der Waals surface area contributed by atoms with E-state index in [4.69, 9.17) is 32.5 Å². The Hall–Kier alpha value is -3.65. The van der Waals surface area contributed by atoms with E-state index < -0.39 is 28.9 Å². The summed E-state index contributed by atoms with van der Waals surface area (Å²) in [7, 11) is 0. The number of carbonyl (C=O) groups is 2. The van der Waals surface area contributed by atoms with Crippen molar-refractivity contribution in [3.8, 4) is 11.5 Å². The number of benzene rings is 3. The molecule has 9 heteroatoms. The molecule has 2 amide bonds. The number of rotatable bonds is 6. The molecule has 1 aliphatic rings. The number of ether oxygens (including phenoxy) is 2. The highest BCUT2D eigenvalue weighted by atomic mass is 35.5. The van der Waals surface area contributed by atoms with Gasteiger partial charge in [-0.1, -0.05) is 29.8 Å². The zero-order valence-electron chi connectivity index (χ0n) is 16.5. The summed E-state index contributed by atoms with van der Waals surface area (Å²) in [5.41, 5.74) is 10.4. The van der Waals surface area contributed by atoms with Crippen LogP contribution in [0.25, 0.3) is 0 Å². The van der Waals surface area contributed by atoms with Crippen molar-refractivity contribution in [2.45, 2.75) is 12.0 Å². The lowest BCUT2D eigenvalue weighted by atomic mass is 9.75. The van der Waals surface area contributed by atoms with Gasteiger partial charge in [-0.3, -0.25) is 9.59 Å². The van der Waals surface area contributed by atoms with Gasteiger partial charge in [0, 0.05) is 11.1 Å². The number of amides is 2. The van der Waals surface area contributed by atoms with Gasteiger partial charge in [0.2, 0.25) is 5.91 Å². The normalized spacial score (nSPS) is 16.8. The van der Waals surface area contributed by atoms with Gasteiger partial charge in [0.15, 0.2) is 0 Å². The van der Waals surface area contributed by atoms with Gasteiger partial charge in [0.25, 0.3) is 5.91 Å². The van der Waals surface area contributed by atoms with Gasteiger partial charge in [-0.05, 0) is 42.0 Å². The van der Waals surface area contributed by atoms with Crippen molar-refractivity contribution in [1.82, 2.24) is 0 Å². The molecule has 4 N–H and O–H groups in total. The molecular weight excluding hydrogens is 442 g/mol. The van der Waals surface area contributed by atoms with Crippen molar-refractivity contribution in [2.75, 3.05) is 6.61 Å². The predicted molar refractivity (Wildman–Crippen MR) is 113 cm³/mol. The number of primary amides is 2. The molecule has 3 aromatic rings. The zero-order chi connectivity index (χ0) is 23.0. The summed E-state index contributed by atoms with van der Waals surface area (Å²) < 4.78 is 38.9. The standard InChI is InChI=1S/C23H17ClF2N2O4/c24-18-7-14(25)4-1-12(18)10-31-15-5-2-13(3-6-15)23(22(28)30)11-32-20-8-16(21(27)29)19(26)9-17(20)23/h1-9H,10-11H2,(H2,27,29)(H2,28,30). The summed E-state index contributed by atoms with van der Waals surface area (Å²) in [6.07, 6.45) is 0. The average molecular weight is 459 g/mol. The average Bonchev–Trinajstić information content (AvgIpc) is 3.12. The van der Waals surface area contributed by atoms with Crippen LogP contribution in [0.2, 0.25) is 5.02 Å². The van der Waals surface area contributed by atoms with Crippen LogP contribution in [-0.4, -0.2) is 18.4 Å². The van der Waals surface area contributed by atoms with Gasteiger partial charge < -0.3 is 20.9 Å². The third kappa shape index (κ3) is 3.62. The molecule has 1 unspecified atom stereocenters. The minimum absolute atomic E-state index is 0.104. The molecule has 1 heterocycles. The Morgan fingerprint density at radius 3 is 2.41 bits per heavy atom. The Kier molecular flexibility index (Phi) is 5.48. The first kappa shape index (κ1) is 21.6. The Bertz CT molecular complexity index is 1230. The number of hydrogen-bond donors (Lipinski definition) is 2. The van der Waals surface area contributed by atoms with Crippen molar-refractivity contribution >= 4 is 23.4 Å². The van der Waals surface area contributed by atoms with Crippen LogP contribution in [0, 0.1) is 11.6 Å². The molecule has 164 valence electrons. The minimum Gasteiger partial charge on any atom is -0.491 e. The van der Waals surface area contributed by atoms with Crippen molar-refractivity contribution in [3.63, 3.8) is 0 Å². The maximum atomic E-state index is 14.4. The molecule has 1 aliphatic heterocycles. The number of carbonyl (C=O) groups excluding carboxylic acids is 2. The molecule has 0 saturated carbocycles. The SMILES string of the molecule is NC(=O)c1cc2c(cc1F)C(C(N)=O)(c1ccc(OCc3ccc(F)cc3Cl)cc1)CO2. The molecule has 0 bridgehead atoms. The van der Waals surface area contributed by atoms with Crippen molar-refractivity contribution in [3.05, 3.63) is 93.5 Å². The van der Waals surface area contributed by atoms with E-state index in [9.17, 15) is 18.4 Å². The molecule has 0 radical (unpaired) electrons. The summed E-state index contributed by atoms with van der Waals surface area (Å²) in [5, 5.41) is 0.242. The second-order valence-corrected chi connectivity index (χ2v) is 7.71. The molecule has 0 aliphatic carbocycles. The van der Waals surface area contributed by atoms with E-state index in [1.165, 1.54) is 24.3 Å². The first-order valence-electron chi connectivity index (χ1n) is 9.46. The van der Waals surface area contributed by atoms with E-state index in [-0.39, 0.29) is 35.1 Å². The molecule has 0 spiro atoms. The smallest absolute Gasteiger partial charge is 0.251 e. The maximum absolute atomic E-state index is 14.4. The van der Waals surface area contributed by atoms with Crippen LogP contribution >= 0.6 is 11.6 Å². The molecule has 32 heavy (non-hydrogen) atoms. The van der Waals surface area contributed by atoms with Gasteiger partial charge in [-0.15, -0.1) is 0 Å². The van der Waals surface area contributed by atoms with Gasteiger partial charge in [-0.25, -0.2) is 8.78 Å². The fourth-order valence-electron chi connectivity index (χ4n) is 3.68. The van der Waals surface area contributed by atoms with Crippen LogP contribution in [0.15, 0.2) is 54.6 Å². The van der Waals surface area contributed by atoms with Crippen LogP contribution in [0.4, 0.5) is 8.78 Å². The van der Waals surface area contributed by atoms with Crippen LogP contribution < -0.4 is 20.9 Å². The van der Waals surface area contributed by atoms with E-state index >= 15 is 0 Å². The van der Waals surface area contributed by atoms with Gasteiger partial charge in [0.1, 0.15) is 41.8 Å². The Morgan fingerprint density at radius 1 is 1.06 bits per heavy atom. The molecule has 0 saturated heterocycles. The summed E-state index contributed by atoms with van der Waals surface area (Å²) in [6.45, 7) is -0.0583. The minimum atomic E-state index is -1.45. The summed E-state index contributed by atoms with van der Waals surface area (Å²) in [4.78, 5) is 23.9. The summed E-state index contributed by atoms with van der Waals surface area (Å²) in [6, 6.07) is 12.7. The number of fused-ring (bicyclic) bond motifs is 1. The fraction of sp³-hybridized carbons (Fsp3) is 0.130. The highest BCUT2D eigenvalue weighted by molar-refractivity contribution is 6.31.